The highest BCUT2D eigenvalue weighted by Crippen LogP contribution is 2.29. The zero-order valence-electron chi connectivity index (χ0n) is 16.0. The molecule has 0 aliphatic carbocycles. The molecule has 0 aliphatic heterocycles. The lowest BCUT2D eigenvalue weighted by atomic mass is 9.79. The molecule has 0 heterocycles. The van der Waals surface area contributed by atoms with Crippen LogP contribution >= 0.6 is 11.6 Å². The van der Waals surface area contributed by atoms with E-state index in [9.17, 15) is 9.90 Å². The van der Waals surface area contributed by atoms with Gasteiger partial charge in [-0.3, -0.25) is 4.79 Å². The second-order valence-corrected chi connectivity index (χ2v) is 7.62. The third-order valence-corrected chi connectivity index (χ3v) is 5.08. The Morgan fingerprint density at radius 3 is 2.52 bits per heavy atom. The maximum Gasteiger partial charge on any atom is 0.309 e. The van der Waals surface area contributed by atoms with Gasteiger partial charge in [-0.15, -0.1) is 0 Å². The molecule has 0 aliphatic rings. The number of benzene rings is 2. The van der Waals surface area contributed by atoms with Crippen molar-refractivity contribution in [2.24, 2.45) is 11.1 Å². The number of rotatable bonds is 10. The highest BCUT2D eigenvalue weighted by Gasteiger charge is 2.34. The maximum absolute atomic E-state index is 11.7. The van der Waals surface area contributed by atoms with Crippen LogP contribution < -0.4 is 5.73 Å². The third kappa shape index (κ3) is 6.35. The van der Waals surface area contributed by atoms with Crippen LogP contribution in [0.1, 0.15) is 32.3 Å². The lowest BCUT2D eigenvalue weighted by Gasteiger charge is -2.28. The van der Waals surface area contributed by atoms with Crippen molar-refractivity contribution >= 4 is 17.6 Å². The highest BCUT2D eigenvalue weighted by molar-refractivity contribution is 6.30. The summed E-state index contributed by atoms with van der Waals surface area (Å²) < 4.78 is 5.33. The molecule has 27 heavy (non-hydrogen) atoms. The molecule has 2 rings (SSSR count). The Morgan fingerprint density at radius 2 is 1.93 bits per heavy atom. The zero-order valence-corrected chi connectivity index (χ0v) is 16.7. The standard InChI is InChI=1S/C22H28ClNO3/c1-3-27-12-11-22(2,21(25)26)15-20(24)13-16-7-9-17(10-8-16)18-5-4-6-19(23)14-18/h4-10,14,20H,3,11-13,15,24H2,1-2H3,(H,25,26)/t20-,22-/m1/s1. The van der Waals surface area contributed by atoms with E-state index in [1.807, 2.05) is 55.5 Å². The third-order valence-electron chi connectivity index (χ3n) is 4.84. The lowest BCUT2D eigenvalue weighted by Crippen LogP contribution is -2.37. The summed E-state index contributed by atoms with van der Waals surface area (Å²) in [7, 11) is 0. The monoisotopic (exact) mass is 389 g/mol. The van der Waals surface area contributed by atoms with Crippen molar-refractivity contribution in [2.75, 3.05) is 13.2 Å². The van der Waals surface area contributed by atoms with E-state index in [2.05, 4.69) is 0 Å². The molecular weight excluding hydrogens is 362 g/mol. The first-order chi connectivity index (χ1) is 12.8. The minimum atomic E-state index is -0.880. The molecule has 0 aromatic heterocycles. The van der Waals surface area contributed by atoms with Crippen molar-refractivity contribution < 1.29 is 14.6 Å². The van der Waals surface area contributed by atoms with Crippen LogP contribution in [0.25, 0.3) is 11.1 Å². The summed E-state index contributed by atoms with van der Waals surface area (Å²) in [5, 5.41) is 10.3. The van der Waals surface area contributed by atoms with E-state index in [1.165, 1.54) is 0 Å². The molecule has 0 amide bonds. The first kappa shape index (κ1) is 21.4. The van der Waals surface area contributed by atoms with Gasteiger partial charge in [0.25, 0.3) is 0 Å². The van der Waals surface area contributed by atoms with Gasteiger partial charge in [-0.2, -0.15) is 0 Å². The van der Waals surface area contributed by atoms with Crippen molar-refractivity contribution in [3.05, 3.63) is 59.1 Å². The van der Waals surface area contributed by atoms with Crippen LogP contribution in [0, 0.1) is 5.41 Å². The second kappa shape index (κ2) is 9.88. The summed E-state index contributed by atoms with van der Waals surface area (Å²) in [6.45, 7) is 4.66. The summed E-state index contributed by atoms with van der Waals surface area (Å²) in [5.41, 5.74) is 8.64. The van der Waals surface area contributed by atoms with E-state index in [4.69, 9.17) is 22.1 Å². The van der Waals surface area contributed by atoms with E-state index in [0.29, 0.717) is 37.5 Å². The number of ether oxygens (including phenoxy) is 1. The number of aliphatic carboxylic acids is 1. The molecule has 146 valence electrons. The van der Waals surface area contributed by atoms with E-state index in [1.54, 1.807) is 6.92 Å². The molecule has 0 radical (unpaired) electrons. The Labute approximate surface area is 166 Å². The molecule has 0 unspecified atom stereocenters. The van der Waals surface area contributed by atoms with Crippen LogP contribution in [-0.2, 0) is 16.0 Å². The summed E-state index contributed by atoms with van der Waals surface area (Å²) >= 11 is 6.05. The number of carbonyl (C=O) groups is 1. The molecular formula is C22H28ClNO3. The number of hydrogen-bond donors (Lipinski definition) is 2. The van der Waals surface area contributed by atoms with Crippen molar-refractivity contribution in [1.29, 1.82) is 0 Å². The Balaban J connectivity index is 2.00. The first-order valence-electron chi connectivity index (χ1n) is 9.25. The predicted molar refractivity (Wildman–Crippen MR) is 110 cm³/mol. The van der Waals surface area contributed by atoms with Gasteiger partial charge in [-0.05, 0) is 61.9 Å². The SMILES string of the molecule is CCOCC[C@](C)(C[C@H](N)Cc1ccc(-c2cccc(Cl)c2)cc1)C(=O)O. The van der Waals surface area contributed by atoms with Gasteiger partial charge in [-0.25, -0.2) is 0 Å². The topological polar surface area (TPSA) is 72.5 Å². The normalized spacial score (nSPS) is 14.5. The second-order valence-electron chi connectivity index (χ2n) is 7.19. The smallest absolute Gasteiger partial charge is 0.309 e. The van der Waals surface area contributed by atoms with Gasteiger partial charge in [0.2, 0.25) is 0 Å². The van der Waals surface area contributed by atoms with Crippen LogP contribution in [0.3, 0.4) is 0 Å². The first-order valence-corrected chi connectivity index (χ1v) is 9.63. The van der Waals surface area contributed by atoms with E-state index >= 15 is 0 Å². The Morgan fingerprint density at radius 1 is 1.22 bits per heavy atom. The van der Waals surface area contributed by atoms with Crippen LogP contribution in [0.2, 0.25) is 5.02 Å². The van der Waals surface area contributed by atoms with E-state index in [0.717, 1.165) is 16.7 Å². The molecule has 0 bridgehead atoms. The molecule has 2 aromatic rings. The minimum Gasteiger partial charge on any atom is -0.481 e. The van der Waals surface area contributed by atoms with Crippen LogP contribution in [0.15, 0.2) is 48.5 Å². The molecule has 5 heteroatoms. The van der Waals surface area contributed by atoms with E-state index in [-0.39, 0.29) is 6.04 Å². The average molecular weight is 390 g/mol. The van der Waals surface area contributed by atoms with Crippen molar-refractivity contribution in [3.8, 4) is 11.1 Å². The summed E-state index contributed by atoms with van der Waals surface area (Å²) in [5.74, 6) is -0.825. The van der Waals surface area contributed by atoms with Gasteiger partial charge in [0.15, 0.2) is 0 Å². The van der Waals surface area contributed by atoms with Crippen molar-refractivity contribution in [3.63, 3.8) is 0 Å². The minimum absolute atomic E-state index is 0.232. The molecule has 3 N–H and O–H groups in total. The van der Waals surface area contributed by atoms with E-state index < -0.39 is 11.4 Å². The van der Waals surface area contributed by atoms with Gasteiger partial charge in [0, 0.05) is 24.3 Å². The number of carboxylic acid groups (broad SMARTS) is 1. The van der Waals surface area contributed by atoms with Crippen LogP contribution in [-0.4, -0.2) is 30.3 Å². The molecule has 2 atom stereocenters. The number of halogens is 1. The van der Waals surface area contributed by atoms with Gasteiger partial charge in [0.05, 0.1) is 5.41 Å². The fraction of sp³-hybridized carbons (Fsp3) is 0.409. The molecule has 4 nitrogen and oxygen atoms in total. The fourth-order valence-corrected chi connectivity index (χ4v) is 3.38. The number of nitrogens with two attached hydrogens (primary N) is 1. The maximum atomic E-state index is 11.7. The van der Waals surface area contributed by atoms with Gasteiger partial charge >= 0.3 is 5.97 Å². The number of carboxylic acids is 1. The van der Waals surface area contributed by atoms with Crippen LogP contribution in [0.4, 0.5) is 0 Å². The molecule has 0 spiro atoms. The fourth-order valence-electron chi connectivity index (χ4n) is 3.19. The lowest BCUT2D eigenvalue weighted by molar-refractivity contribution is -0.149. The van der Waals surface area contributed by atoms with Gasteiger partial charge < -0.3 is 15.6 Å². The van der Waals surface area contributed by atoms with Crippen molar-refractivity contribution in [2.45, 2.75) is 39.2 Å². The van der Waals surface area contributed by atoms with Gasteiger partial charge in [-0.1, -0.05) is 48.0 Å². The number of hydrogen-bond acceptors (Lipinski definition) is 3. The molecule has 2 aromatic carbocycles. The van der Waals surface area contributed by atoms with Crippen molar-refractivity contribution in [1.82, 2.24) is 0 Å². The summed E-state index contributed by atoms with van der Waals surface area (Å²) in [4.78, 5) is 11.7. The van der Waals surface area contributed by atoms with Crippen LogP contribution in [0.5, 0.6) is 0 Å². The molecule has 0 saturated carbocycles. The molecule has 0 fully saturated rings. The molecule has 0 saturated heterocycles. The predicted octanol–water partition coefficient (Wildman–Crippen LogP) is 4.78. The average Bonchev–Trinajstić information content (AvgIpc) is 2.62. The zero-order chi connectivity index (χ0) is 19.9. The summed E-state index contributed by atoms with van der Waals surface area (Å²) in [6, 6.07) is 15.6. The quantitative estimate of drug-likeness (QED) is 0.573. The Kier molecular flexibility index (Phi) is 7.84. The Hall–Kier alpha value is -1.88. The largest absolute Gasteiger partial charge is 0.481 e. The van der Waals surface area contributed by atoms with Gasteiger partial charge in [0.1, 0.15) is 0 Å². The summed E-state index contributed by atoms with van der Waals surface area (Å²) in [6.07, 6.45) is 1.50. The highest BCUT2D eigenvalue weighted by atomic mass is 35.5. The Bertz CT molecular complexity index is 747.